The number of H-pyrrole nitrogens is 1. The highest BCUT2D eigenvalue weighted by Gasteiger charge is 2.80. The number of nitrogens with zero attached hydrogens (tertiary/aromatic N) is 3. The van der Waals surface area contributed by atoms with Crippen LogP contribution in [0, 0.1) is 11.3 Å². The molecule has 3 aromatic carbocycles. The van der Waals surface area contributed by atoms with Crippen molar-refractivity contribution in [2.24, 2.45) is 11.3 Å². The van der Waals surface area contributed by atoms with Crippen LogP contribution in [-0.2, 0) is 45.8 Å². The Balaban J connectivity index is 1.21. The lowest BCUT2D eigenvalue weighted by atomic mass is 9.47. The topological polar surface area (TPSA) is 163 Å². The van der Waals surface area contributed by atoms with Crippen molar-refractivity contribution >= 4 is 72.3 Å². The predicted molar refractivity (Wildman–Crippen MR) is 268 cm³/mol. The van der Waals surface area contributed by atoms with Gasteiger partial charge in [-0.2, -0.15) is 0 Å². The van der Waals surface area contributed by atoms with Gasteiger partial charge in [-0.1, -0.05) is 44.2 Å². The van der Waals surface area contributed by atoms with Crippen LogP contribution in [0.15, 0.2) is 75.7 Å². The first kappa shape index (κ1) is 47.9. The molecule has 10 rings (SSSR count). The lowest BCUT2D eigenvalue weighted by Gasteiger charge is -2.63. The number of hydrogen-bond donors (Lipinski definition) is 3. The lowest BCUT2D eigenvalue weighted by Crippen LogP contribution is -2.81. The Morgan fingerprint density at radius 1 is 0.913 bits per heavy atom. The number of ether oxygens (including phenoxy) is 4. The number of esters is 3. The Labute approximate surface area is 419 Å². The number of anilines is 1. The third kappa shape index (κ3) is 6.77. The number of carbonyl (C=O) groups is 4. The van der Waals surface area contributed by atoms with Gasteiger partial charge in [-0.25, -0.2) is 4.79 Å². The second-order valence-electron chi connectivity index (χ2n) is 20.3. The number of piperidine rings is 1. The molecule has 1 aromatic heterocycles. The zero-order valence-electron chi connectivity index (χ0n) is 40.2. The Morgan fingerprint density at radius 2 is 1.68 bits per heavy atom. The average Bonchev–Trinajstić information content (AvgIpc) is 4.01. The number of amides is 1. The SMILES string of the molecule is CC[C@]1(NC(=O)c2ccc(Br)c(Br)c2)C[C@H]2CN(CCc3c([nH]c4ccccc34)[C@@](C(=O)OC)(c3cc4c(cc3OC)N(C)[C@H]3[C@@](O)(C(=O)OC)[C@H](OC(C)=O)[C@]5(CC)C=CCN6CC[C@]43[C@@H]65)C2)C1. The fourth-order valence-corrected chi connectivity index (χ4v) is 15.3. The number of nitrogens with one attached hydrogen (secondary N) is 2. The summed E-state index contributed by atoms with van der Waals surface area (Å²) in [6.45, 7) is 8.69. The summed E-state index contributed by atoms with van der Waals surface area (Å²) in [6, 6.07) is 16.4. The molecular formula is C53H61Br2N5O9. The summed E-state index contributed by atoms with van der Waals surface area (Å²) in [7, 11) is 6.16. The van der Waals surface area contributed by atoms with Gasteiger partial charge in [-0.15, -0.1) is 0 Å². The van der Waals surface area contributed by atoms with Crippen molar-refractivity contribution in [1.29, 1.82) is 0 Å². The van der Waals surface area contributed by atoms with Crippen molar-refractivity contribution in [1.82, 2.24) is 20.1 Å². The molecule has 16 heteroatoms. The van der Waals surface area contributed by atoms with E-state index < -0.39 is 57.4 Å². The van der Waals surface area contributed by atoms with E-state index >= 15 is 4.79 Å². The van der Waals surface area contributed by atoms with Crippen LogP contribution in [0.3, 0.4) is 0 Å². The van der Waals surface area contributed by atoms with Gasteiger partial charge in [-0.3, -0.25) is 19.3 Å². The van der Waals surface area contributed by atoms with Gasteiger partial charge in [0.15, 0.2) is 6.10 Å². The van der Waals surface area contributed by atoms with E-state index in [0.29, 0.717) is 88.1 Å². The van der Waals surface area contributed by atoms with Crippen LogP contribution in [0.2, 0.25) is 0 Å². The Morgan fingerprint density at radius 3 is 2.38 bits per heavy atom. The molecule has 2 bridgehead atoms. The molecule has 1 saturated carbocycles. The van der Waals surface area contributed by atoms with Gasteiger partial charge in [0.05, 0.1) is 32.9 Å². The molecule has 1 amide bonds. The first-order valence-corrected chi connectivity index (χ1v) is 25.6. The first-order chi connectivity index (χ1) is 33.0. The molecule has 4 aromatic rings. The molecule has 69 heavy (non-hydrogen) atoms. The number of fused-ring (bicyclic) bond motifs is 6. The van der Waals surface area contributed by atoms with Crippen molar-refractivity contribution in [2.45, 2.75) is 99.5 Å². The van der Waals surface area contributed by atoms with Crippen LogP contribution in [-0.4, -0.2) is 134 Å². The molecule has 6 heterocycles. The minimum absolute atomic E-state index is 0.138. The van der Waals surface area contributed by atoms with E-state index in [-0.39, 0.29) is 17.9 Å². The third-order valence-electron chi connectivity index (χ3n) is 17.2. The predicted octanol–water partition coefficient (Wildman–Crippen LogP) is 6.95. The van der Waals surface area contributed by atoms with Gasteiger partial charge in [0.25, 0.3) is 5.91 Å². The Hall–Kier alpha value is -4.74. The largest absolute Gasteiger partial charge is 0.496 e. The van der Waals surface area contributed by atoms with E-state index in [9.17, 15) is 19.5 Å². The van der Waals surface area contributed by atoms with Crippen LogP contribution in [0.5, 0.6) is 5.75 Å². The third-order valence-corrected chi connectivity index (χ3v) is 19.1. The quantitative estimate of drug-likeness (QED) is 0.0900. The average molecular weight is 1070 g/mol. The number of rotatable bonds is 9. The highest BCUT2D eigenvalue weighted by atomic mass is 79.9. The summed E-state index contributed by atoms with van der Waals surface area (Å²) in [4.78, 5) is 68.3. The second kappa shape index (κ2) is 17.2. The molecule has 1 aliphatic carbocycles. The van der Waals surface area contributed by atoms with E-state index in [0.717, 1.165) is 42.4 Å². The van der Waals surface area contributed by atoms with Gasteiger partial charge in [-0.05, 0) is 124 Å². The standard InChI is InChI=1S/C53H61Br2N5O9/c1-8-49(57-43(62)32-15-16-37(54)38(55)23-32)26-31-27-52(47(63)67-6,42-34(17-21-59(28-31)29-49)33-13-10-11-14-39(33)56-42)36-24-35-40(25-41(36)66-5)58(4)45-51(35)19-22-60-20-12-18-50(9-2,44(51)60)46(69-30(3)61)53(45,65)48(64)68-7/h10-16,18,23-25,31,44-46,56,65H,8-9,17,19-22,26-29H2,1-7H3,(H,57,62)/t31-,44+,45-,46-,49+,50-,51-,52+,53+/m1/s1. The number of carbonyl (C=O) groups excluding carboxylic acids is 4. The molecule has 6 aliphatic rings. The van der Waals surface area contributed by atoms with Gasteiger partial charge in [0.1, 0.15) is 11.2 Å². The van der Waals surface area contributed by atoms with Gasteiger partial charge in [0, 0.05) is 105 Å². The minimum atomic E-state index is -2.33. The van der Waals surface area contributed by atoms with Crippen LogP contribution < -0.4 is 15.0 Å². The fourth-order valence-electron chi connectivity index (χ4n) is 14.7. The van der Waals surface area contributed by atoms with Crippen molar-refractivity contribution < 1.29 is 43.2 Å². The molecule has 1 unspecified atom stereocenters. The van der Waals surface area contributed by atoms with Crippen molar-refractivity contribution in [3.63, 3.8) is 0 Å². The molecule has 5 aliphatic heterocycles. The number of aromatic nitrogens is 1. The molecule has 2 saturated heterocycles. The molecule has 0 radical (unpaired) electrons. The smallest absolute Gasteiger partial charge is 0.344 e. The minimum Gasteiger partial charge on any atom is -0.496 e. The van der Waals surface area contributed by atoms with Crippen LogP contribution >= 0.6 is 31.9 Å². The number of methoxy groups -OCH3 is 3. The Kier molecular flexibility index (Phi) is 12.0. The maximum atomic E-state index is 15.7. The number of aromatic amines is 1. The molecular weight excluding hydrogens is 1010 g/mol. The number of hydrogen-bond acceptors (Lipinski definition) is 12. The summed E-state index contributed by atoms with van der Waals surface area (Å²) in [5.74, 6) is -1.83. The van der Waals surface area contributed by atoms with Gasteiger partial charge >= 0.3 is 17.9 Å². The van der Waals surface area contributed by atoms with Gasteiger partial charge < -0.3 is 44.2 Å². The first-order valence-electron chi connectivity index (χ1n) is 24.1. The molecule has 14 nitrogen and oxygen atoms in total. The summed E-state index contributed by atoms with van der Waals surface area (Å²) in [5, 5.41) is 18.0. The highest BCUT2D eigenvalue weighted by Crippen LogP contribution is 2.68. The lowest BCUT2D eigenvalue weighted by molar-refractivity contribution is -0.228. The van der Waals surface area contributed by atoms with Crippen LogP contribution in [0.4, 0.5) is 5.69 Å². The van der Waals surface area contributed by atoms with Crippen LogP contribution in [0.1, 0.15) is 85.6 Å². The molecule has 3 N–H and O–H groups in total. The van der Waals surface area contributed by atoms with E-state index in [1.165, 1.54) is 21.1 Å². The zero-order chi connectivity index (χ0) is 49.0. The van der Waals surface area contributed by atoms with Crippen molar-refractivity contribution in [3.8, 4) is 5.75 Å². The molecule has 3 fully saturated rings. The number of likely N-dealkylation sites (N-methyl/N-ethyl adjacent to an activating group) is 1. The van der Waals surface area contributed by atoms with Gasteiger partial charge in [0.2, 0.25) is 5.60 Å². The molecule has 1 spiro atoms. The van der Waals surface area contributed by atoms with E-state index in [2.05, 4.69) is 83.2 Å². The maximum absolute atomic E-state index is 15.7. The molecule has 10 atom stereocenters. The number of benzene rings is 3. The summed E-state index contributed by atoms with van der Waals surface area (Å²) in [6.07, 6.45) is 5.96. The normalized spacial score (nSPS) is 33.2. The second-order valence-corrected chi connectivity index (χ2v) is 22.1. The molecule has 366 valence electrons. The summed E-state index contributed by atoms with van der Waals surface area (Å²) < 4.78 is 25.9. The van der Waals surface area contributed by atoms with E-state index in [1.54, 1.807) is 7.11 Å². The Bertz CT molecular complexity index is 2820. The monoisotopic (exact) mass is 1070 g/mol. The maximum Gasteiger partial charge on any atom is 0.344 e. The van der Waals surface area contributed by atoms with Crippen molar-refractivity contribution in [2.75, 3.05) is 66.0 Å². The highest BCUT2D eigenvalue weighted by molar-refractivity contribution is 9.13. The fraction of sp³-hybridized carbons (Fsp3) is 0.509. The van der Waals surface area contributed by atoms with Crippen LogP contribution in [0.25, 0.3) is 10.9 Å². The summed E-state index contributed by atoms with van der Waals surface area (Å²) >= 11 is 7.12. The van der Waals surface area contributed by atoms with E-state index in [1.807, 2.05) is 61.3 Å². The van der Waals surface area contributed by atoms with E-state index in [4.69, 9.17) is 18.9 Å². The number of halogens is 2. The number of para-hydroxylation sites is 1. The number of aliphatic hydroxyl groups is 1. The zero-order valence-corrected chi connectivity index (χ0v) is 43.4. The summed E-state index contributed by atoms with van der Waals surface area (Å²) in [5.41, 5.74) is -1.07. The van der Waals surface area contributed by atoms with Crippen molar-refractivity contribution in [3.05, 3.63) is 104 Å².